The van der Waals surface area contributed by atoms with Gasteiger partial charge in [0.25, 0.3) is 0 Å². The molecule has 1 aliphatic rings. The molecule has 1 amide bonds. The summed E-state index contributed by atoms with van der Waals surface area (Å²) in [6.45, 7) is 3.11. The molecule has 1 fully saturated rings. The molecule has 0 bridgehead atoms. The maximum Gasteiger partial charge on any atom is 0.227 e. The van der Waals surface area contributed by atoms with E-state index in [0.29, 0.717) is 11.7 Å². The number of carbonyl (C=O) groups is 2. The van der Waals surface area contributed by atoms with Crippen molar-refractivity contribution in [1.29, 1.82) is 0 Å². The van der Waals surface area contributed by atoms with Crippen molar-refractivity contribution >= 4 is 22.8 Å². The minimum absolute atomic E-state index is 0.152. The maximum absolute atomic E-state index is 12.1. The van der Waals surface area contributed by atoms with Crippen LogP contribution in [0.5, 0.6) is 0 Å². The Labute approximate surface area is 117 Å². The number of hydrogen-bond donors (Lipinski definition) is 0. The second-order valence-corrected chi connectivity index (χ2v) is 6.20. The van der Waals surface area contributed by atoms with Crippen LogP contribution in [0.25, 0.3) is 0 Å². The molecule has 1 aliphatic heterocycles. The van der Waals surface area contributed by atoms with Gasteiger partial charge in [-0.05, 0) is 24.5 Å². The van der Waals surface area contributed by atoms with Gasteiger partial charge in [0.1, 0.15) is 0 Å². The van der Waals surface area contributed by atoms with Gasteiger partial charge in [0.05, 0.1) is 6.42 Å². The monoisotopic (exact) mass is 278 g/mol. The van der Waals surface area contributed by atoms with E-state index in [0.717, 1.165) is 31.5 Å². The molecule has 102 valence electrons. The van der Waals surface area contributed by atoms with Gasteiger partial charge in [0.2, 0.25) is 5.91 Å². The predicted molar refractivity (Wildman–Crippen MR) is 75.8 cm³/mol. The molecule has 2 heterocycles. The van der Waals surface area contributed by atoms with Crippen LogP contribution in [0.2, 0.25) is 0 Å². The molecule has 5 heteroatoms. The number of carbonyl (C=O) groups excluding carboxylic acids is 2. The number of thioether (sulfide) groups is 1. The van der Waals surface area contributed by atoms with Crippen molar-refractivity contribution in [2.24, 2.45) is 0 Å². The van der Waals surface area contributed by atoms with Gasteiger partial charge in [-0.25, -0.2) is 0 Å². The van der Waals surface area contributed by atoms with E-state index >= 15 is 0 Å². The predicted octanol–water partition coefficient (Wildman–Crippen LogP) is 1.89. The van der Waals surface area contributed by atoms with Crippen LogP contribution in [0.15, 0.2) is 24.5 Å². The van der Waals surface area contributed by atoms with Gasteiger partial charge in [-0.15, -0.1) is 0 Å². The molecule has 0 aromatic carbocycles. The summed E-state index contributed by atoms with van der Waals surface area (Å²) in [5, 5.41) is 0.542. The molecule has 0 saturated carbocycles. The lowest BCUT2D eigenvalue weighted by atomic mass is 10.1. The molecular formula is C14H18N2O2S. The van der Waals surface area contributed by atoms with Crippen LogP contribution in [0.4, 0.5) is 0 Å². The van der Waals surface area contributed by atoms with Crippen molar-refractivity contribution in [3.05, 3.63) is 30.1 Å². The highest BCUT2D eigenvalue weighted by molar-refractivity contribution is 8.14. The molecule has 0 radical (unpaired) electrons. The summed E-state index contributed by atoms with van der Waals surface area (Å²) in [6, 6.07) is 3.77. The van der Waals surface area contributed by atoms with Crippen LogP contribution >= 0.6 is 11.8 Å². The molecule has 1 saturated heterocycles. The highest BCUT2D eigenvalue weighted by Crippen LogP contribution is 2.24. The Hall–Kier alpha value is -1.36. The third-order valence-electron chi connectivity index (χ3n) is 3.21. The molecule has 0 atom stereocenters. The average molecular weight is 278 g/mol. The van der Waals surface area contributed by atoms with E-state index in [1.807, 2.05) is 17.0 Å². The van der Waals surface area contributed by atoms with Crippen LogP contribution < -0.4 is 0 Å². The van der Waals surface area contributed by atoms with Gasteiger partial charge in [0.15, 0.2) is 5.12 Å². The van der Waals surface area contributed by atoms with Crippen molar-refractivity contribution in [1.82, 2.24) is 9.88 Å². The highest BCUT2D eigenvalue weighted by atomic mass is 32.2. The molecule has 0 unspecified atom stereocenters. The normalized spacial score (nSPS) is 16.4. The number of rotatable bonds is 3. The van der Waals surface area contributed by atoms with Crippen molar-refractivity contribution in [2.75, 3.05) is 13.1 Å². The molecule has 0 spiro atoms. The number of hydrogen-bond acceptors (Lipinski definition) is 4. The third kappa shape index (κ3) is 4.35. The lowest BCUT2D eigenvalue weighted by molar-refractivity contribution is -0.131. The summed E-state index contributed by atoms with van der Waals surface area (Å²) in [7, 11) is 0. The van der Waals surface area contributed by atoms with Crippen LogP contribution in [0, 0.1) is 0 Å². The van der Waals surface area contributed by atoms with E-state index in [-0.39, 0.29) is 11.0 Å². The largest absolute Gasteiger partial charge is 0.342 e. The molecule has 19 heavy (non-hydrogen) atoms. The van der Waals surface area contributed by atoms with Gasteiger partial charge in [-0.1, -0.05) is 17.8 Å². The van der Waals surface area contributed by atoms with E-state index in [1.165, 1.54) is 11.8 Å². The minimum atomic E-state index is 0.152. The second-order valence-electron chi connectivity index (χ2n) is 4.73. The fraction of sp³-hybridized carbons (Fsp3) is 0.500. The van der Waals surface area contributed by atoms with Gasteiger partial charge in [0, 0.05) is 37.7 Å². The zero-order chi connectivity index (χ0) is 13.7. The zero-order valence-corrected chi connectivity index (χ0v) is 11.9. The van der Waals surface area contributed by atoms with Crippen LogP contribution in [0.1, 0.15) is 25.3 Å². The topological polar surface area (TPSA) is 50.3 Å². The van der Waals surface area contributed by atoms with E-state index in [4.69, 9.17) is 0 Å². The zero-order valence-electron chi connectivity index (χ0n) is 11.0. The fourth-order valence-corrected chi connectivity index (χ4v) is 3.16. The lowest BCUT2D eigenvalue weighted by Gasteiger charge is -2.31. The molecule has 1 aromatic heterocycles. The SMILES string of the molecule is CC(=O)SC1CCN(C(=O)Cc2cccnc2)CC1. The summed E-state index contributed by atoms with van der Waals surface area (Å²) in [5.74, 6) is 0.152. The van der Waals surface area contributed by atoms with E-state index in [2.05, 4.69) is 4.98 Å². The number of pyridine rings is 1. The van der Waals surface area contributed by atoms with Crippen molar-refractivity contribution in [2.45, 2.75) is 31.4 Å². The molecule has 4 nitrogen and oxygen atoms in total. The highest BCUT2D eigenvalue weighted by Gasteiger charge is 2.23. The standard InChI is InChI=1S/C14H18N2O2S/c1-11(17)19-13-4-7-16(8-5-13)14(18)9-12-3-2-6-15-10-12/h2-3,6,10,13H,4-5,7-9H2,1H3. The van der Waals surface area contributed by atoms with Crippen LogP contribution in [0.3, 0.4) is 0 Å². The Morgan fingerprint density at radius 1 is 1.42 bits per heavy atom. The Bertz CT molecular complexity index is 442. The van der Waals surface area contributed by atoms with E-state index in [9.17, 15) is 9.59 Å². The number of piperidine rings is 1. The first kappa shape index (κ1) is 14.1. The quantitative estimate of drug-likeness (QED) is 0.847. The second kappa shape index (κ2) is 6.70. The molecule has 0 aliphatic carbocycles. The molecule has 2 rings (SSSR count). The maximum atomic E-state index is 12.1. The molecular weight excluding hydrogens is 260 g/mol. The first-order valence-corrected chi connectivity index (χ1v) is 7.37. The van der Waals surface area contributed by atoms with Crippen LogP contribution in [-0.4, -0.2) is 39.2 Å². The summed E-state index contributed by atoms with van der Waals surface area (Å²) < 4.78 is 0. The Balaban J connectivity index is 1.81. The van der Waals surface area contributed by atoms with Gasteiger partial charge in [-0.3, -0.25) is 14.6 Å². The van der Waals surface area contributed by atoms with Crippen LogP contribution in [-0.2, 0) is 16.0 Å². The first-order chi connectivity index (χ1) is 9.15. The number of likely N-dealkylation sites (tertiary alicyclic amines) is 1. The van der Waals surface area contributed by atoms with Gasteiger partial charge in [-0.2, -0.15) is 0 Å². The number of amides is 1. The summed E-state index contributed by atoms with van der Waals surface area (Å²) in [5.41, 5.74) is 0.952. The Morgan fingerprint density at radius 3 is 2.74 bits per heavy atom. The number of nitrogens with zero attached hydrogens (tertiary/aromatic N) is 2. The third-order valence-corrected chi connectivity index (χ3v) is 4.34. The molecule has 1 aromatic rings. The Kier molecular flexibility index (Phi) is 4.96. The van der Waals surface area contributed by atoms with Crippen molar-refractivity contribution in [3.63, 3.8) is 0 Å². The van der Waals surface area contributed by atoms with E-state index < -0.39 is 0 Å². The first-order valence-electron chi connectivity index (χ1n) is 6.49. The molecule has 0 N–H and O–H groups in total. The average Bonchev–Trinajstić information content (AvgIpc) is 2.40. The summed E-state index contributed by atoms with van der Waals surface area (Å²) in [6.07, 6.45) is 5.67. The van der Waals surface area contributed by atoms with Gasteiger partial charge < -0.3 is 4.90 Å². The van der Waals surface area contributed by atoms with Crippen molar-refractivity contribution in [3.8, 4) is 0 Å². The fourth-order valence-electron chi connectivity index (χ4n) is 2.25. The van der Waals surface area contributed by atoms with E-state index in [1.54, 1.807) is 19.3 Å². The minimum Gasteiger partial charge on any atom is -0.342 e. The summed E-state index contributed by atoms with van der Waals surface area (Å²) in [4.78, 5) is 29.1. The lowest BCUT2D eigenvalue weighted by Crippen LogP contribution is -2.40. The summed E-state index contributed by atoms with van der Waals surface area (Å²) >= 11 is 1.41. The van der Waals surface area contributed by atoms with Crippen molar-refractivity contribution < 1.29 is 9.59 Å². The number of aromatic nitrogens is 1. The van der Waals surface area contributed by atoms with Gasteiger partial charge >= 0.3 is 0 Å². The smallest absolute Gasteiger partial charge is 0.227 e. The Morgan fingerprint density at radius 2 is 2.16 bits per heavy atom.